The van der Waals surface area contributed by atoms with Crippen LogP contribution in [0.1, 0.15) is 25.8 Å². The summed E-state index contributed by atoms with van der Waals surface area (Å²) in [6.45, 7) is 5.28. The van der Waals surface area contributed by atoms with Crippen molar-refractivity contribution in [3.63, 3.8) is 0 Å². The number of benzene rings is 1. The predicted molar refractivity (Wildman–Crippen MR) is 82.7 cm³/mol. The van der Waals surface area contributed by atoms with Crippen LogP contribution in [0.15, 0.2) is 24.3 Å². The summed E-state index contributed by atoms with van der Waals surface area (Å²) in [7, 11) is 0. The Hall–Kier alpha value is -1.11. The molecular formula is C16H22O2S. The van der Waals surface area contributed by atoms with Gasteiger partial charge < -0.3 is 9.84 Å². The van der Waals surface area contributed by atoms with Crippen molar-refractivity contribution >= 4 is 11.8 Å². The summed E-state index contributed by atoms with van der Waals surface area (Å²) in [6.07, 6.45) is 0.511. The molecule has 3 heteroatoms. The maximum atomic E-state index is 8.67. The molecule has 1 aromatic rings. The minimum atomic E-state index is 0.107. The van der Waals surface area contributed by atoms with Crippen molar-refractivity contribution in [1.29, 1.82) is 0 Å². The zero-order valence-corrected chi connectivity index (χ0v) is 12.5. The normalized spacial score (nSPS) is 10.1. The fraction of sp³-hybridized carbons (Fsp3) is 0.500. The van der Waals surface area contributed by atoms with E-state index in [1.807, 2.05) is 36.0 Å². The van der Waals surface area contributed by atoms with Gasteiger partial charge in [0.1, 0.15) is 5.75 Å². The van der Waals surface area contributed by atoms with Gasteiger partial charge in [-0.2, -0.15) is 11.8 Å². The molecule has 104 valence electrons. The van der Waals surface area contributed by atoms with Gasteiger partial charge in [0.25, 0.3) is 0 Å². The molecule has 0 atom stereocenters. The van der Waals surface area contributed by atoms with Crippen molar-refractivity contribution < 1.29 is 9.84 Å². The van der Waals surface area contributed by atoms with Gasteiger partial charge in [-0.3, -0.25) is 0 Å². The SMILES string of the molecule is CC(C)CSCCOc1cccc(C#CCCO)c1. The lowest BCUT2D eigenvalue weighted by Gasteiger charge is -2.07. The number of aliphatic hydroxyl groups is 1. The Morgan fingerprint density at radius 1 is 1.37 bits per heavy atom. The third-order valence-corrected chi connectivity index (χ3v) is 3.61. The third kappa shape index (κ3) is 7.81. The highest BCUT2D eigenvalue weighted by molar-refractivity contribution is 7.99. The van der Waals surface area contributed by atoms with Gasteiger partial charge in [0.15, 0.2) is 0 Å². The maximum absolute atomic E-state index is 8.67. The molecule has 0 saturated heterocycles. The van der Waals surface area contributed by atoms with E-state index >= 15 is 0 Å². The van der Waals surface area contributed by atoms with Crippen LogP contribution in [0.3, 0.4) is 0 Å². The molecule has 0 saturated carbocycles. The highest BCUT2D eigenvalue weighted by atomic mass is 32.2. The van der Waals surface area contributed by atoms with Crippen molar-refractivity contribution in [2.75, 3.05) is 24.7 Å². The summed E-state index contributed by atoms with van der Waals surface area (Å²) in [5.41, 5.74) is 0.931. The quantitative estimate of drug-likeness (QED) is 0.613. The molecule has 19 heavy (non-hydrogen) atoms. The largest absolute Gasteiger partial charge is 0.493 e. The lowest BCUT2D eigenvalue weighted by molar-refractivity contribution is 0.305. The Morgan fingerprint density at radius 2 is 2.21 bits per heavy atom. The Labute approximate surface area is 120 Å². The Bertz CT molecular complexity index is 418. The summed E-state index contributed by atoms with van der Waals surface area (Å²) in [5.74, 6) is 9.70. The zero-order chi connectivity index (χ0) is 13.9. The fourth-order valence-corrected chi connectivity index (χ4v) is 2.26. The molecular weight excluding hydrogens is 256 g/mol. The van der Waals surface area contributed by atoms with Crippen LogP contribution in [-0.2, 0) is 0 Å². The lowest BCUT2D eigenvalue weighted by Crippen LogP contribution is -2.02. The van der Waals surface area contributed by atoms with E-state index in [1.165, 1.54) is 5.75 Å². The first kappa shape index (κ1) is 15.9. The smallest absolute Gasteiger partial charge is 0.120 e. The molecule has 1 N–H and O–H groups in total. The van der Waals surface area contributed by atoms with Gasteiger partial charge in [-0.15, -0.1) is 0 Å². The van der Waals surface area contributed by atoms with Crippen LogP contribution < -0.4 is 4.74 Å². The summed E-state index contributed by atoms with van der Waals surface area (Å²) in [4.78, 5) is 0. The molecule has 0 aliphatic rings. The van der Waals surface area contributed by atoms with Gasteiger partial charge in [-0.25, -0.2) is 0 Å². The van der Waals surface area contributed by atoms with Crippen LogP contribution in [0.4, 0.5) is 0 Å². The van der Waals surface area contributed by atoms with Crippen molar-refractivity contribution in [2.45, 2.75) is 20.3 Å². The van der Waals surface area contributed by atoms with Crippen LogP contribution in [0.25, 0.3) is 0 Å². The fourth-order valence-electron chi connectivity index (χ4n) is 1.42. The monoisotopic (exact) mass is 278 g/mol. The van der Waals surface area contributed by atoms with Gasteiger partial charge in [0.05, 0.1) is 13.2 Å². The first-order chi connectivity index (χ1) is 9.22. The molecule has 2 nitrogen and oxygen atoms in total. The van der Waals surface area contributed by atoms with E-state index in [-0.39, 0.29) is 6.61 Å². The average Bonchev–Trinajstić information content (AvgIpc) is 2.39. The minimum absolute atomic E-state index is 0.107. The van der Waals surface area contributed by atoms with Gasteiger partial charge in [0.2, 0.25) is 0 Å². The molecule has 0 aliphatic carbocycles. The number of hydrogen-bond acceptors (Lipinski definition) is 3. The number of hydrogen-bond donors (Lipinski definition) is 1. The van der Waals surface area contributed by atoms with Crippen molar-refractivity contribution in [3.8, 4) is 17.6 Å². The van der Waals surface area contributed by atoms with E-state index in [2.05, 4.69) is 25.7 Å². The molecule has 0 amide bonds. The van der Waals surface area contributed by atoms with Crippen LogP contribution in [-0.4, -0.2) is 29.8 Å². The van der Waals surface area contributed by atoms with Gasteiger partial charge in [-0.05, 0) is 29.9 Å². The van der Waals surface area contributed by atoms with Crippen molar-refractivity contribution in [1.82, 2.24) is 0 Å². The van der Waals surface area contributed by atoms with Crippen LogP contribution in [0.2, 0.25) is 0 Å². The first-order valence-corrected chi connectivity index (χ1v) is 7.78. The molecule has 0 aliphatic heterocycles. The standard InChI is InChI=1S/C16H22O2S/c1-14(2)13-19-11-10-18-16-8-5-7-15(12-16)6-3-4-9-17/h5,7-8,12,14,17H,4,9-11,13H2,1-2H3. The molecule has 0 radical (unpaired) electrons. The highest BCUT2D eigenvalue weighted by Gasteiger charge is 1.97. The summed E-state index contributed by atoms with van der Waals surface area (Å²) in [6, 6.07) is 7.78. The number of aliphatic hydroxyl groups excluding tert-OH is 1. The molecule has 0 unspecified atom stereocenters. The molecule has 1 aromatic carbocycles. The zero-order valence-electron chi connectivity index (χ0n) is 11.7. The topological polar surface area (TPSA) is 29.5 Å². The number of ether oxygens (including phenoxy) is 1. The molecule has 0 bridgehead atoms. The molecule has 0 heterocycles. The average molecular weight is 278 g/mol. The molecule has 0 aromatic heterocycles. The second-order valence-corrected chi connectivity index (χ2v) is 5.77. The Morgan fingerprint density at radius 3 is 2.95 bits per heavy atom. The maximum Gasteiger partial charge on any atom is 0.120 e. The van der Waals surface area contributed by atoms with Crippen LogP contribution >= 0.6 is 11.8 Å². The first-order valence-electron chi connectivity index (χ1n) is 6.62. The van der Waals surface area contributed by atoms with E-state index in [0.29, 0.717) is 6.42 Å². The van der Waals surface area contributed by atoms with Crippen LogP contribution in [0.5, 0.6) is 5.75 Å². The highest BCUT2D eigenvalue weighted by Crippen LogP contribution is 2.14. The molecule has 1 rings (SSSR count). The van der Waals surface area contributed by atoms with Gasteiger partial charge in [-0.1, -0.05) is 31.8 Å². The lowest BCUT2D eigenvalue weighted by atomic mass is 10.2. The summed E-state index contributed by atoms with van der Waals surface area (Å²) < 4.78 is 5.70. The van der Waals surface area contributed by atoms with Gasteiger partial charge in [0, 0.05) is 17.7 Å². The number of thioether (sulfide) groups is 1. The van der Waals surface area contributed by atoms with E-state index in [9.17, 15) is 0 Å². The summed E-state index contributed by atoms with van der Waals surface area (Å²) in [5, 5.41) is 8.67. The number of rotatable bonds is 7. The minimum Gasteiger partial charge on any atom is -0.493 e. The Balaban J connectivity index is 2.34. The second-order valence-electron chi connectivity index (χ2n) is 4.62. The van der Waals surface area contributed by atoms with E-state index in [1.54, 1.807) is 0 Å². The van der Waals surface area contributed by atoms with Crippen LogP contribution in [0, 0.1) is 17.8 Å². The molecule has 0 spiro atoms. The van der Waals surface area contributed by atoms with Gasteiger partial charge >= 0.3 is 0 Å². The Kier molecular flexibility index (Phi) is 8.20. The van der Waals surface area contributed by atoms with Crippen molar-refractivity contribution in [3.05, 3.63) is 29.8 Å². The van der Waals surface area contributed by atoms with E-state index in [0.717, 1.165) is 29.6 Å². The predicted octanol–water partition coefficient (Wildman–Crippen LogP) is 3.19. The third-order valence-electron chi connectivity index (χ3n) is 2.25. The second kappa shape index (κ2) is 9.77. The van der Waals surface area contributed by atoms with Crippen molar-refractivity contribution in [2.24, 2.45) is 5.92 Å². The summed E-state index contributed by atoms with van der Waals surface area (Å²) >= 11 is 1.92. The molecule has 0 fully saturated rings. The van der Waals surface area contributed by atoms with E-state index < -0.39 is 0 Å². The van der Waals surface area contributed by atoms with E-state index in [4.69, 9.17) is 9.84 Å².